The maximum Gasteiger partial charge on any atom is 0.179 e. The third kappa shape index (κ3) is 4.11. The first-order chi connectivity index (χ1) is 8.06. The fourth-order valence-corrected chi connectivity index (χ4v) is 1.70. The van der Waals surface area contributed by atoms with Crippen molar-refractivity contribution in [3.63, 3.8) is 0 Å². The highest BCUT2D eigenvalue weighted by Gasteiger charge is 2.19. The molecule has 1 atom stereocenters. The fraction of sp³-hybridized carbons (Fsp3) is 0.462. The lowest BCUT2D eigenvalue weighted by Gasteiger charge is -2.23. The lowest BCUT2D eigenvalue weighted by molar-refractivity contribution is 0.0826. The second kappa shape index (κ2) is 6.74. The number of ketones is 1. The highest BCUT2D eigenvalue weighted by molar-refractivity contribution is 6.31. The average molecular weight is 256 g/mol. The van der Waals surface area contributed by atoms with E-state index in [2.05, 4.69) is 0 Å². The molecule has 0 aromatic heterocycles. The van der Waals surface area contributed by atoms with E-state index in [1.54, 1.807) is 31.4 Å². The molecule has 0 heterocycles. The fourth-order valence-electron chi connectivity index (χ4n) is 1.51. The first kappa shape index (κ1) is 14.2. The lowest BCUT2D eigenvalue weighted by Crippen LogP contribution is -2.38. The minimum atomic E-state index is -0.177. The van der Waals surface area contributed by atoms with Crippen LogP contribution in [0.1, 0.15) is 17.3 Å². The van der Waals surface area contributed by atoms with Crippen molar-refractivity contribution in [1.29, 1.82) is 0 Å². The number of rotatable bonds is 6. The van der Waals surface area contributed by atoms with Gasteiger partial charge in [0.05, 0.1) is 12.6 Å². The van der Waals surface area contributed by atoms with Gasteiger partial charge in [-0.1, -0.05) is 23.7 Å². The van der Waals surface area contributed by atoms with E-state index in [0.29, 0.717) is 17.2 Å². The second-order valence-corrected chi connectivity index (χ2v) is 4.46. The van der Waals surface area contributed by atoms with Crippen molar-refractivity contribution in [2.75, 3.05) is 27.3 Å². The van der Waals surface area contributed by atoms with Crippen LogP contribution < -0.4 is 0 Å². The number of methoxy groups -OCH3 is 1. The van der Waals surface area contributed by atoms with Crippen molar-refractivity contribution in [3.8, 4) is 0 Å². The summed E-state index contributed by atoms with van der Waals surface area (Å²) < 4.78 is 4.99. The van der Waals surface area contributed by atoms with E-state index in [4.69, 9.17) is 16.3 Å². The summed E-state index contributed by atoms with van der Waals surface area (Å²) in [6.45, 7) is 3.23. The van der Waals surface area contributed by atoms with Crippen LogP contribution in [0, 0.1) is 0 Å². The molecule has 1 unspecified atom stereocenters. The minimum absolute atomic E-state index is 0.0751. The molecule has 3 nitrogen and oxygen atoms in total. The van der Waals surface area contributed by atoms with E-state index >= 15 is 0 Å². The van der Waals surface area contributed by atoms with E-state index in [1.165, 1.54) is 0 Å². The zero-order valence-electron chi connectivity index (χ0n) is 10.4. The molecule has 1 aromatic rings. The summed E-state index contributed by atoms with van der Waals surface area (Å²) in [5, 5.41) is 0.586. The first-order valence-electron chi connectivity index (χ1n) is 5.55. The van der Waals surface area contributed by atoms with Gasteiger partial charge in [0.1, 0.15) is 0 Å². The normalized spacial score (nSPS) is 12.8. The minimum Gasteiger partial charge on any atom is -0.383 e. The molecule has 0 bridgehead atoms. The van der Waals surface area contributed by atoms with Crippen LogP contribution in [-0.4, -0.2) is 44.0 Å². The summed E-state index contributed by atoms with van der Waals surface area (Å²) >= 11 is 5.87. The summed E-state index contributed by atoms with van der Waals surface area (Å²) in [7, 11) is 3.56. The SMILES string of the molecule is COCCN(C)C(C)C(=O)c1cccc(Cl)c1. The Balaban J connectivity index is 2.69. The van der Waals surface area contributed by atoms with Crippen LogP contribution >= 0.6 is 11.6 Å². The monoisotopic (exact) mass is 255 g/mol. The molecule has 17 heavy (non-hydrogen) atoms. The number of likely N-dealkylation sites (N-methyl/N-ethyl adjacent to an activating group) is 1. The van der Waals surface area contributed by atoms with E-state index in [-0.39, 0.29) is 11.8 Å². The standard InChI is InChI=1S/C13H18ClNO2/c1-10(15(2)7-8-17-3)13(16)11-5-4-6-12(14)9-11/h4-6,9-10H,7-8H2,1-3H3. The molecule has 0 N–H and O–H groups in total. The molecular formula is C13H18ClNO2. The number of halogens is 1. The molecule has 1 rings (SSSR count). The molecule has 0 fully saturated rings. The Morgan fingerprint density at radius 3 is 2.82 bits per heavy atom. The summed E-state index contributed by atoms with van der Waals surface area (Å²) in [5.41, 5.74) is 0.647. The van der Waals surface area contributed by atoms with Gasteiger partial charge in [0.15, 0.2) is 5.78 Å². The van der Waals surface area contributed by atoms with Crippen LogP contribution in [0.15, 0.2) is 24.3 Å². The van der Waals surface area contributed by atoms with Gasteiger partial charge < -0.3 is 4.74 Å². The van der Waals surface area contributed by atoms with E-state index in [0.717, 1.165) is 6.54 Å². The number of nitrogens with zero attached hydrogens (tertiary/aromatic N) is 1. The number of carbonyl (C=O) groups excluding carboxylic acids is 1. The van der Waals surface area contributed by atoms with Crippen LogP contribution in [0.2, 0.25) is 5.02 Å². The van der Waals surface area contributed by atoms with Gasteiger partial charge in [-0.2, -0.15) is 0 Å². The maximum absolute atomic E-state index is 12.2. The van der Waals surface area contributed by atoms with E-state index < -0.39 is 0 Å². The molecule has 0 saturated carbocycles. The Morgan fingerprint density at radius 1 is 1.53 bits per heavy atom. The molecule has 0 amide bonds. The van der Waals surface area contributed by atoms with Crippen LogP contribution in [0.3, 0.4) is 0 Å². The van der Waals surface area contributed by atoms with Crippen LogP contribution in [0.4, 0.5) is 0 Å². The number of benzene rings is 1. The quantitative estimate of drug-likeness (QED) is 0.732. The predicted octanol–water partition coefficient (Wildman–Crippen LogP) is 2.49. The molecule has 4 heteroatoms. The Kier molecular flexibility index (Phi) is 5.62. The van der Waals surface area contributed by atoms with Gasteiger partial charge in [-0.15, -0.1) is 0 Å². The van der Waals surface area contributed by atoms with Gasteiger partial charge in [-0.3, -0.25) is 9.69 Å². The molecule has 0 saturated heterocycles. The zero-order valence-corrected chi connectivity index (χ0v) is 11.2. The third-order valence-electron chi connectivity index (χ3n) is 2.80. The second-order valence-electron chi connectivity index (χ2n) is 4.02. The summed E-state index contributed by atoms with van der Waals surface area (Å²) in [5.74, 6) is 0.0751. The summed E-state index contributed by atoms with van der Waals surface area (Å²) in [4.78, 5) is 14.1. The number of hydrogen-bond donors (Lipinski definition) is 0. The van der Waals surface area contributed by atoms with Crippen molar-refractivity contribution < 1.29 is 9.53 Å². The van der Waals surface area contributed by atoms with Crippen molar-refractivity contribution in [3.05, 3.63) is 34.9 Å². The van der Waals surface area contributed by atoms with Crippen molar-refractivity contribution in [1.82, 2.24) is 4.90 Å². The lowest BCUT2D eigenvalue weighted by atomic mass is 10.0. The van der Waals surface area contributed by atoms with Gasteiger partial charge in [0, 0.05) is 24.2 Å². The number of carbonyl (C=O) groups is 1. The van der Waals surface area contributed by atoms with Gasteiger partial charge in [0.25, 0.3) is 0 Å². The topological polar surface area (TPSA) is 29.5 Å². The molecule has 1 aromatic carbocycles. The van der Waals surface area contributed by atoms with Gasteiger partial charge in [-0.05, 0) is 26.1 Å². The third-order valence-corrected chi connectivity index (χ3v) is 3.03. The largest absolute Gasteiger partial charge is 0.383 e. The molecular weight excluding hydrogens is 238 g/mol. The van der Waals surface area contributed by atoms with Crippen molar-refractivity contribution in [2.24, 2.45) is 0 Å². The van der Waals surface area contributed by atoms with Crippen LogP contribution in [0.25, 0.3) is 0 Å². The molecule has 0 spiro atoms. The highest BCUT2D eigenvalue weighted by atomic mass is 35.5. The average Bonchev–Trinajstić information content (AvgIpc) is 2.34. The first-order valence-corrected chi connectivity index (χ1v) is 5.93. The van der Waals surface area contributed by atoms with Crippen LogP contribution in [-0.2, 0) is 4.74 Å². The van der Waals surface area contributed by atoms with Gasteiger partial charge >= 0.3 is 0 Å². The molecule has 94 valence electrons. The zero-order chi connectivity index (χ0) is 12.8. The van der Waals surface area contributed by atoms with Crippen LogP contribution in [0.5, 0.6) is 0 Å². The van der Waals surface area contributed by atoms with Gasteiger partial charge in [0.2, 0.25) is 0 Å². The Labute approximate surface area is 107 Å². The smallest absolute Gasteiger partial charge is 0.179 e. The molecule has 0 aliphatic carbocycles. The number of ether oxygens (including phenoxy) is 1. The summed E-state index contributed by atoms with van der Waals surface area (Å²) in [6, 6.07) is 6.86. The molecule has 0 aliphatic heterocycles. The van der Waals surface area contributed by atoms with Crippen molar-refractivity contribution >= 4 is 17.4 Å². The van der Waals surface area contributed by atoms with Gasteiger partial charge in [-0.25, -0.2) is 0 Å². The number of hydrogen-bond acceptors (Lipinski definition) is 3. The Hall–Kier alpha value is -0.900. The van der Waals surface area contributed by atoms with Crippen molar-refractivity contribution in [2.45, 2.75) is 13.0 Å². The van der Waals surface area contributed by atoms with E-state index in [9.17, 15) is 4.79 Å². The Bertz CT molecular complexity index is 381. The Morgan fingerprint density at radius 2 is 2.24 bits per heavy atom. The highest BCUT2D eigenvalue weighted by Crippen LogP contribution is 2.14. The predicted molar refractivity (Wildman–Crippen MR) is 69.8 cm³/mol. The van der Waals surface area contributed by atoms with E-state index in [1.807, 2.05) is 18.9 Å². The molecule has 0 aliphatic rings. The number of Topliss-reactive ketones (excluding diaryl/α,β-unsaturated/α-hetero) is 1. The summed E-state index contributed by atoms with van der Waals surface area (Å²) in [6.07, 6.45) is 0. The molecule has 0 radical (unpaired) electrons. The maximum atomic E-state index is 12.2.